The average Bonchev–Trinajstić information content (AvgIpc) is 2.65. The average molecular weight is 356 g/mol. The summed E-state index contributed by atoms with van der Waals surface area (Å²) >= 11 is 0. The molecule has 2 rings (SSSR count). The maximum Gasteiger partial charge on any atom is 0.128 e. The number of rotatable bonds is 10. The molecule has 26 heavy (non-hydrogen) atoms. The molecule has 0 bridgehead atoms. The molecular weight excluding hydrogens is 332 g/mol. The minimum absolute atomic E-state index is 0.0389. The Morgan fingerprint density at radius 2 is 1.46 bits per heavy atom. The van der Waals surface area contributed by atoms with Crippen molar-refractivity contribution in [2.45, 2.75) is 32.3 Å². The van der Waals surface area contributed by atoms with E-state index in [1.54, 1.807) is 0 Å². The van der Waals surface area contributed by atoms with E-state index in [0.717, 1.165) is 30.4 Å². The fraction of sp³-hybridized carbons (Fsp3) is 0.300. The maximum atomic E-state index is 8.70. The third kappa shape index (κ3) is 6.12. The van der Waals surface area contributed by atoms with E-state index in [9.17, 15) is 0 Å². The molecule has 0 aliphatic rings. The van der Waals surface area contributed by atoms with Crippen LogP contribution in [0.2, 0.25) is 0 Å². The molecule has 2 N–H and O–H groups in total. The van der Waals surface area contributed by atoms with Crippen molar-refractivity contribution in [3.8, 4) is 11.5 Å². The van der Waals surface area contributed by atoms with Crippen molar-refractivity contribution < 1.29 is 19.9 Å². The molecule has 138 valence electrons. The molecule has 0 saturated carbocycles. The van der Waals surface area contributed by atoms with E-state index in [1.807, 2.05) is 55.5 Å². The summed E-state index contributed by atoms with van der Waals surface area (Å²) in [6.07, 6.45) is 5.48. The van der Waals surface area contributed by atoms with E-state index in [1.165, 1.54) is 12.4 Å². The van der Waals surface area contributed by atoms with Gasteiger partial charge in [-0.05, 0) is 50.5 Å². The van der Waals surface area contributed by atoms with Crippen LogP contribution in [-0.4, -0.2) is 35.6 Å². The topological polar surface area (TPSA) is 83.6 Å². The summed E-state index contributed by atoms with van der Waals surface area (Å²) in [6.45, 7) is 2.59. The minimum atomic E-state index is 0.0389. The van der Waals surface area contributed by atoms with Crippen LogP contribution in [0.25, 0.3) is 0 Å². The lowest BCUT2D eigenvalue weighted by atomic mass is 10.1. The van der Waals surface area contributed by atoms with Gasteiger partial charge in [-0.25, -0.2) is 0 Å². The standard InChI is InChI=1S/C20H24N2O4/c1-16(26-20-12-5-3-10-18(20)15-22-24)8-6-7-13-25-19-11-4-2-9-17(19)14-21-23/h2-5,9-12,14-16,23-24H,6-8,13H2,1H3. The van der Waals surface area contributed by atoms with Crippen LogP contribution in [0.1, 0.15) is 37.3 Å². The Morgan fingerprint density at radius 1 is 0.885 bits per heavy atom. The molecular formula is C20H24N2O4. The number of benzene rings is 2. The zero-order chi connectivity index (χ0) is 18.6. The molecule has 2 aromatic carbocycles. The van der Waals surface area contributed by atoms with Crippen molar-refractivity contribution >= 4 is 12.4 Å². The number of hydrogen-bond acceptors (Lipinski definition) is 6. The van der Waals surface area contributed by atoms with Gasteiger partial charge in [-0.15, -0.1) is 0 Å². The third-order valence-electron chi connectivity index (χ3n) is 3.82. The molecule has 0 saturated heterocycles. The van der Waals surface area contributed by atoms with Crippen molar-refractivity contribution in [1.29, 1.82) is 0 Å². The summed E-state index contributed by atoms with van der Waals surface area (Å²) in [5.41, 5.74) is 1.49. The van der Waals surface area contributed by atoms with E-state index in [-0.39, 0.29) is 6.10 Å². The van der Waals surface area contributed by atoms with Gasteiger partial charge in [-0.3, -0.25) is 0 Å². The first kappa shape index (κ1) is 19.3. The molecule has 0 fully saturated rings. The van der Waals surface area contributed by atoms with Gasteiger partial charge in [0.25, 0.3) is 0 Å². The van der Waals surface area contributed by atoms with E-state index in [0.29, 0.717) is 18.1 Å². The Kier molecular flexibility index (Phi) is 7.99. The third-order valence-corrected chi connectivity index (χ3v) is 3.82. The van der Waals surface area contributed by atoms with Gasteiger partial charge in [0.15, 0.2) is 0 Å². The second kappa shape index (κ2) is 10.8. The van der Waals surface area contributed by atoms with E-state index < -0.39 is 0 Å². The molecule has 0 radical (unpaired) electrons. The summed E-state index contributed by atoms with van der Waals surface area (Å²) in [5, 5.41) is 23.5. The number of unbranched alkanes of at least 4 members (excludes halogenated alkanes) is 1. The lowest BCUT2D eigenvalue weighted by Gasteiger charge is -2.16. The number of nitrogens with zero attached hydrogens (tertiary/aromatic N) is 2. The van der Waals surface area contributed by atoms with Crippen LogP contribution in [0.3, 0.4) is 0 Å². The van der Waals surface area contributed by atoms with Crippen molar-refractivity contribution in [1.82, 2.24) is 0 Å². The predicted octanol–water partition coefficient (Wildman–Crippen LogP) is 4.32. The van der Waals surface area contributed by atoms with Crippen LogP contribution >= 0.6 is 0 Å². The normalized spacial score (nSPS) is 12.5. The van der Waals surface area contributed by atoms with E-state index in [4.69, 9.17) is 19.9 Å². The van der Waals surface area contributed by atoms with Crippen LogP contribution in [0, 0.1) is 0 Å². The molecule has 1 unspecified atom stereocenters. The number of para-hydroxylation sites is 2. The molecule has 0 spiro atoms. The highest BCUT2D eigenvalue weighted by molar-refractivity contribution is 5.83. The molecule has 0 heterocycles. The van der Waals surface area contributed by atoms with Gasteiger partial charge in [0, 0.05) is 11.1 Å². The smallest absolute Gasteiger partial charge is 0.128 e. The predicted molar refractivity (Wildman–Crippen MR) is 101 cm³/mol. The van der Waals surface area contributed by atoms with Gasteiger partial charge in [-0.1, -0.05) is 34.6 Å². The lowest BCUT2D eigenvalue weighted by molar-refractivity contribution is 0.201. The van der Waals surface area contributed by atoms with Gasteiger partial charge >= 0.3 is 0 Å². The fourth-order valence-electron chi connectivity index (χ4n) is 2.53. The number of oxime groups is 2. The van der Waals surface area contributed by atoms with Crippen LogP contribution in [0.5, 0.6) is 11.5 Å². The molecule has 0 aliphatic heterocycles. The van der Waals surface area contributed by atoms with Gasteiger partial charge in [-0.2, -0.15) is 0 Å². The Morgan fingerprint density at radius 3 is 2.12 bits per heavy atom. The summed E-state index contributed by atoms with van der Waals surface area (Å²) in [4.78, 5) is 0. The Balaban J connectivity index is 1.73. The van der Waals surface area contributed by atoms with Crippen LogP contribution in [-0.2, 0) is 0 Å². The Hall–Kier alpha value is -3.02. The molecule has 1 atom stereocenters. The van der Waals surface area contributed by atoms with E-state index >= 15 is 0 Å². The lowest BCUT2D eigenvalue weighted by Crippen LogP contribution is -2.13. The van der Waals surface area contributed by atoms with Crippen molar-refractivity contribution in [2.24, 2.45) is 10.3 Å². The van der Waals surface area contributed by atoms with Gasteiger partial charge in [0.05, 0.1) is 25.1 Å². The molecule has 0 aromatic heterocycles. The van der Waals surface area contributed by atoms with Crippen LogP contribution in [0.4, 0.5) is 0 Å². The monoisotopic (exact) mass is 356 g/mol. The highest BCUT2D eigenvalue weighted by Gasteiger charge is 2.07. The van der Waals surface area contributed by atoms with Gasteiger partial charge in [0.1, 0.15) is 11.5 Å². The first-order chi connectivity index (χ1) is 12.7. The second-order valence-corrected chi connectivity index (χ2v) is 5.84. The largest absolute Gasteiger partial charge is 0.493 e. The first-order valence-electron chi connectivity index (χ1n) is 8.57. The summed E-state index contributed by atoms with van der Waals surface area (Å²) in [7, 11) is 0. The second-order valence-electron chi connectivity index (χ2n) is 5.84. The summed E-state index contributed by atoms with van der Waals surface area (Å²) in [5.74, 6) is 1.40. The molecule has 0 amide bonds. The summed E-state index contributed by atoms with van der Waals surface area (Å²) < 4.78 is 11.7. The van der Waals surface area contributed by atoms with E-state index in [2.05, 4.69) is 10.3 Å². The van der Waals surface area contributed by atoms with Crippen molar-refractivity contribution in [3.63, 3.8) is 0 Å². The summed E-state index contributed by atoms with van der Waals surface area (Å²) in [6, 6.07) is 14.9. The molecule has 0 aliphatic carbocycles. The van der Waals surface area contributed by atoms with Gasteiger partial charge in [0.2, 0.25) is 0 Å². The zero-order valence-corrected chi connectivity index (χ0v) is 14.8. The van der Waals surface area contributed by atoms with Crippen LogP contribution in [0.15, 0.2) is 58.8 Å². The zero-order valence-electron chi connectivity index (χ0n) is 14.8. The van der Waals surface area contributed by atoms with Crippen molar-refractivity contribution in [3.05, 3.63) is 59.7 Å². The van der Waals surface area contributed by atoms with Crippen LogP contribution < -0.4 is 9.47 Å². The maximum absolute atomic E-state index is 8.70. The Labute approximate surface area is 153 Å². The fourth-order valence-corrected chi connectivity index (χ4v) is 2.53. The first-order valence-corrected chi connectivity index (χ1v) is 8.57. The molecule has 6 heteroatoms. The Bertz CT molecular complexity index is 731. The minimum Gasteiger partial charge on any atom is -0.493 e. The molecule has 6 nitrogen and oxygen atoms in total. The number of hydrogen-bond donors (Lipinski definition) is 2. The highest BCUT2D eigenvalue weighted by Crippen LogP contribution is 2.20. The van der Waals surface area contributed by atoms with Crippen molar-refractivity contribution in [2.75, 3.05) is 6.61 Å². The quantitative estimate of drug-likeness (QED) is 0.287. The SMILES string of the molecule is CC(CCCCOc1ccccc1C=NO)Oc1ccccc1C=NO. The highest BCUT2D eigenvalue weighted by atomic mass is 16.5. The molecule has 2 aromatic rings. The van der Waals surface area contributed by atoms with Gasteiger partial charge < -0.3 is 19.9 Å². The number of ether oxygens (including phenoxy) is 2.